The predicted octanol–water partition coefficient (Wildman–Crippen LogP) is 6.73. The molecule has 0 fully saturated rings. The molecule has 0 atom stereocenters. The summed E-state index contributed by atoms with van der Waals surface area (Å²) in [5.74, 6) is 1.39. The van der Waals surface area contributed by atoms with Gasteiger partial charge in [-0.05, 0) is 42.8 Å². The fourth-order valence-corrected chi connectivity index (χ4v) is 4.32. The molecule has 27 heavy (non-hydrogen) atoms. The van der Waals surface area contributed by atoms with E-state index in [1.165, 1.54) is 0 Å². The highest BCUT2D eigenvalue weighted by Gasteiger charge is 2.18. The Balaban J connectivity index is 1.90. The van der Waals surface area contributed by atoms with E-state index in [4.69, 9.17) is 27.9 Å². The lowest BCUT2D eigenvalue weighted by Gasteiger charge is -2.12. The molecule has 7 heteroatoms. The maximum Gasteiger partial charge on any atom is 0.143 e. The van der Waals surface area contributed by atoms with E-state index < -0.39 is 0 Å². The van der Waals surface area contributed by atoms with Gasteiger partial charge in [-0.25, -0.2) is 9.97 Å². The lowest BCUT2D eigenvalue weighted by molar-refractivity contribution is 0.417. The van der Waals surface area contributed by atoms with Gasteiger partial charge in [-0.1, -0.05) is 35.3 Å². The van der Waals surface area contributed by atoms with Gasteiger partial charge >= 0.3 is 0 Å². The van der Waals surface area contributed by atoms with Crippen molar-refractivity contribution in [2.75, 3.05) is 12.4 Å². The molecule has 0 aliphatic rings. The van der Waals surface area contributed by atoms with Crippen molar-refractivity contribution in [3.05, 3.63) is 63.7 Å². The fourth-order valence-electron chi connectivity index (χ4n) is 3.01. The molecule has 2 aromatic carbocycles. The lowest BCUT2D eigenvalue weighted by atomic mass is 10.0. The van der Waals surface area contributed by atoms with Gasteiger partial charge in [0.05, 0.1) is 18.2 Å². The van der Waals surface area contributed by atoms with Crippen LogP contribution in [0.5, 0.6) is 5.75 Å². The molecular formula is C20H15Cl2N3OS. The van der Waals surface area contributed by atoms with Crippen LogP contribution in [0, 0.1) is 6.92 Å². The smallest absolute Gasteiger partial charge is 0.143 e. The van der Waals surface area contributed by atoms with Gasteiger partial charge in [0.15, 0.2) is 0 Å². The van der Waals surface area contributed by atoms with Crippen LogP contribution >= 0.6 is 34.5 Å². The summed E-state index contributed by atoms with van der Waals surface area (Å²) in [6, 6.07) is 13.2. The summed E-state index contributed by atoms with van der Waals surface area (Å²) in [4.78, 5) is 11.0. The Kier molecular flexibility index (Phi) is 4.91. The zero-order valence-corrected chi connectivity index (χ0v) is 16.9. The summed E-state index contributed by atoms with van der Waals surface area (Å²) in [6.07, 6.45) is 1.56. The second-order valence-electron chi connectivity index (χ2n) is 5.91. The Bertz CT molecular complexity index is 1130. The number of fused-ring (bicyclic) bond motifs is 1. The van der Waals surface area contributed by atoms with Crippen molar-refractivity contribution >= 4 is 56.3 Å². The Labute approximate surface area is 170 Å². The third kappa shape index (κ3) is 3.46. The third-order valence-electron chi connectivity index (χ3n) is 4.21. The average molecular weight is 416 g/mol. The van der Waals surface area contributed by atoms with Gasteiger partial charge in [0.1, 0.15) is 22.7 Å². The molecule has 4 nitrogen and oxygen atoms in total. The van der Waals surface area contributed by atoms with Crippen LogP contribution in [0.3, 0.4) is 0 Å². The first-order valence-electron chi connectivity index (χ1n) is 8.17. The Morgan fingerprint density at radius 1 is 1.00 bits per heavy atom. The van der Waals surface area contributed by atoms with E-state index in [1.807, 2.05) is 36.4 Å². The summed E-state index contributed by atoms with van der Waals surface area (Å²) in [5.41, 5.74) is 2.91. The number of thiophene rings is 1. The second kappa shape index (κ2) is 7.35. The monoisotopic (exact) mass is 415 g/mol. The molecule has 0 radical (unpaired) electrons. The minimum Gasteiger partial charge on any atom is -0.495 e. The summed E-state index contributed by atoms with van der Waals surface area (Å²) in [7, 11) is 1.62. The van der Waals surface area contributed by atoms with Gasteiger partial charge in [0.25, 0.3) is 0 Å². The number of hydrogen-bond donors (Lipinski definition) is 1. The fraction of sp³-hybridized carbons (Fsp3) is 0.100. The van der Waals surface area contributed by atoms with Crippen LogP contribution in [0.4, 0.5) is 11.5 Å². The van der Waals surface area contributed by atoms with E-state index in [9.17, 15) is 0 Å². The van der Waals surface area contributed by atoms with Crippen molar-refractivity contribution in [3.8, 4) is 16.9 Å². The first-order chi connectivity index (χ1) is 13.1. The van der Waals surface area contributed by atoms with Crippen molar-refractivity contribution in [2.45, 2.75) is 6.92 Å². The van der Waals surface area contributed by atoms with Gasteiger partial charge in [-0.2, -0.15) is 0 Å². The van der Waals surface area contributed by atoms with Crippen LogP contribution in [0.25, 0.3) is 21.3 Å². The van der Waals surface area contributed by atoms with Crippen LogP contribution < -0.4 is 10.1 Å². The minimum absolute atomic E-state index is 0.614. The molecular weight excluding hydrogens is 401 g/mol. The Hall–Kier alpha value is -2.34. The molecule has 4 rings (SSSR count). The molecule has 0 amide bonds. The van der Waals surface area contributed by atoms with E-state index >= 15 is 0 Å². The van der Waals surface area contributed by atoms with Crippen molar-refractivity contribution < 1.29 is 4.74 Å². The number of anilines is 2. The number of nitrogens with one attached hydrogen (secondary N) is 1. The molecule has 2 heterocycles. The van der Waals surface area contributed by atoms with Gasteiger partial charge < -0.3 is 10.1 Å². The van der Waals surface area contributed by atoms with E-state index in [0.717, 1.165) is 31.9 Å². The van der Waals surface area contributed by atoms with Crippen LogP contribution in [0.15, 0.2) is 48.8 Å². The number of aryl methyl sites for hydroxylation is 1. The lowest BCUT2D eigenvalue weighted by Crippen LogP contribution is -1.98. The van der Waals surface area contributed by atoms with Crippen LogP contribution in [0.2, 0.25) is 10.0 Å². The van der Waals surface area contributed by atoms with Crippen LogP contribution in [-0.4, -0.2) is 17.1 Å². The summed E-state index contributed by atoms with van der Waals surface area (Å²) < 4.78 is 5.44. The van der Waals surface area contributed by atoms with Crippen molar-refractivity contribution in [1.29, 1.82) is 0 Å². The van der Waals surface area contributed by atoms with E-state index in [0.29, 0.717) is 21.6 Å². The van der Waals surface area contributed by atoms with Crippen LogP contribution in [0.1, 0.15) is 4.88 Å². The number of benzene rings is 2. The van der Waals surface area contributed by atoms with Gasteiger partial charge in [0, 0.05) is 20.5 Å². The maximum absolute atomic E-state index is 6.17. The molecule has 4 aromatic rings. The average Bonchev–Trinajstić information content (AvgIpc) is 2.99. The van der Waals surface area contributed by atoms with Crippen LogP contribution in [-0.2, 0) is 0 Å². The minimum atomic E-state index is 0.614. The molecule has 136 valence electrons. The Morgan fingerprint density at radius 2 is 1.74 bits per heavy atom. The van der Waals surface area contributed by atoms with Crippen molar-refractivity contribution in [1.82, 2.24) is 9.97 Å². The zero-order chi connectivity index (χ0) is 19.0. The first kappa shape index (κ1) is 18.0. The highest BCUT2D eigenvalue weighted by atomic mass is 35.5. The summed E-state index contributed by atoms with van der Waals surface area (Å²) >= 11 is 13.9. The first-order valence-corrected chi connectivity index (χ1v) is 9.74. The van der Waals surface area contributed by atoms with E-state index in [1.54, 1.807) is 30.8 Å². The molecule has 0 aliphatic heterocycles. The maximum atomic E-state index is 6.17. The second-order valence-corrected chi connectivity index (χ2v) is 7.99. The number of hydrogen-bond acceptors (Lipinski definition) is 5. The molecule has 2 aromatic heterocycles. The number of aromatic nitrogens is 2. The predicted molar refractivity (Wildman–Crippen MR) is 114 cm³/mol. The number of methoxy groups -OCH3 is 1. The van der Waals surface area contributed by atoms with Crippen molar-refractivity contribution in [2.24, 2.45) is 0 Å². The molecule has 0 saturated carbocycles. The van der Waals surface area contributed by atoms with E-state index in [-0.39, 0.29) is 0 Å². The Morgan fingerprint density at radius 3 is 2.48 bits per heavy atom. The topological polar surface area (TPSA) is 47.0 Å². The van der Waals surface area contributed by atoms with Crippen molar-refractivity contribution in [3.63, 3.8) is 0 Å². The van der Waals surface area contributed by atoms with E-state index in [2.05, 4.69) is 22.2 Å². The van der Waals surface area contributed by atoms with Gasteiger partial charge in [-0.3, -0.25) is 0 Å². The quantitative estimate of drug-likeness (QED) is 0.401. The molecule has 1 N–H and O–H groups in total. The number of halogens is 2. The number of rotatable bonds is 4. The molecule has 0 spiro atoms. The zero-order valence-electron chi connectivity index (χ0n) is 14.6. The highest BCUT2D eigenvalue weighted by Crippen LogP contribution is 2.42. The van der Waals surface area contributed by atoms with Gasteiger partial charge in [-0.15, -0.1) is 11.3 Å². The largest absolute Gasteiger partial charge is 0.495 e. The van der Waals surface area contributed by atoms with Gasteiger partial charge in [0.2, 0.25) is 0 Å². The molecule has 0 aliphatic carbocycles. The molecule has 0 saturated heterocycles. The highest BCUT2D eigenvalue weighted by molar-refractivity contribution is 7.19. The summed E-state index contributed by atoms with van der Waals surface area (Å²) in [5, 5.41) is 5.64. The number of ether oxygens (including phenoxy) is 1. The SMILES string of the molecule is COc1ccc(Cl)cc1Nc1ncnc2sc(C)c(-c3ccc(Cl)cc3)c12. The summed E-state index contributed by atoms with van der Waals surface area (Å²) in [6.45, 7) is 2.08. The standard InChI is InChI=1S/C20H15Cl2N3OS/c1-11-17(12-3-5-13(21)6-4-12)18-19(23-10-24-20(18)27-11)25-15-9-14(22)7-8-16(15)26-2/h3-10H,1-2H3,(H,23,24,25). The third-order valence-corrected chi connectivity index (χ3v) is 5.71. The number of nitrogens with zero attached hydrogens (tertiary/aromatic N) is 2. The molecule has 0 unspecified atom stereocenters. The normalized spacial score (nSPS) is 11.0. The molecule has 0 bridgehead atoms.